The molecule has 8 nitrogen and oxygen atoms in total. The normalized spacial score (nSPS) is 18.6. The summed E-state index contributed by atoms with van der Waals surface area (Å²) in [5, 5.41) is 11.8. The first-order chi connectivity index (χ1) is 20.0. The van der Waals surface area contributed by atoms with Crippen LogP contribution in [0.15, 0.2) is 60.8 Å². The average molecular weight is 600 g/mol. The number of hydrogen-bond donors (Lipinski definition) is 1. The Kier molecular flexibility index (Phi) is 7.88. The lowest BCUT2D eigenvalue weighted by molar-refractivity contribution is -0.133. The van der Waals surface area contributed by atoms with Gasteiger partial charge in [-0.25, -0.2) is 22.5 Å². The molecule has 2 fully saturated rings. The molecule has 1 N–H and O–H groups in total. The predicted octanol–water partition coefficient (Wildman–Crippen LogP) is 5.07. The number of aromatic nitrogens is 1. The second-order valence-electron chi connectivity index (χ2n) is 10.0. The zero-order valence-corrected chi connectivity index (χ0v) is 22.5. The van der Waals surface area contributed by atoms with Gasteiger partial charge in [0.1, 0.15) is 29.5 Å². The first-order valence-corrected chi connectivity index (χ1v) is 13.3. The van der Waals surface area contributed by atoms with Crippen LogP contribution in [0.2, 0.25) is 5.02 Å². The molecule has 42 heavy (non-hydrogen) atoms. The zero-order chi connectivity index (χ0) is 30.2. The van der Waals surface area contributed by atoms with E-state index in [1.165, 1.54) is 36.5 Å². The van der Waals surface area contributed by atoms with Crippen molar-refractivity contribution in [3.05, 3.63) is 88.6 Å². The van der Waals surface area contributed by atoms with Gasteiger partial charge in [-0.2, -0.15) is 5.26 Å². The molecular formula is C29H22ClF4N5O3. The van der Waals surface area contributed by atoms with Crippen molar-refractivity contribution < 1.29 is 31.9 Å². The number of nitrogens with one attached hydrogen (secondary N) is 1. The second kappa shape index (κ2) is 11.4. The molecule has 2 unspecified atom stereocenters. The highest BCUT2D eigenvalue weighted by Gasteiger charge is 2.49. The molecule has 1 aromatic heterocycles. The molecule has 5 rings (SSSR count). The van der Waals surface area contributed by atoms with E-state index in [0.29, 0.717) is 4.90 Å². The van der Waals surface area contributed by atoms with Gasteiger partial charge in [-0.3, -0.25) is 24.2 Å². The van der Waals surface area contributed by atoms with Crippen LogP contribution in [0.1, 0.15) is 42.9 Å². The van der Waals surface area contributed by atoms with Crippen molar-refractivity contribution in [3.8, 4) is 6.07 Å². The highest BCUT2D eigenvalue weighted by Crippen LogP contribution is 2.40. The first-order valence-electron chi connectivity index (χ1n) is 12.9. The van der Waals surface area contributed by atoms with Crippen LogP contribution in [0.25, 0.3) is 0 Å². The second-order valence-corrected chi connectivity index (χ2v) is 10.4. The Hall–Kier alpha value is -4.50. The molecular weight excluding hydrogens is 578 g/mol. The van der Waals surface area contributed by atoms with Crippen molar-refractivity contribution in [2.75, 3.05) is 9.80 Å². The summed E-state index contributed by atoms with van der Waals surface area (Å²) in [6.07, 6.45) is -0.187. The molecule has 2 atom stereocenters. The lowest BCUT2D eigenvalue weighted by Gasteiger charge is -2.39. The summed E-state index contributed by atoms with van der Waals surface area (Å²) in [7, 11) is 0. The summed E-state index contributed by atoms with van der Waals surface area (Å²) < 4.78 is 57.1. The van der Waals surface area contributed by atoms with Gasteiger partial charge >= 0.3 is 0 Å². The van der Waals surface area contributed by atoms with E-state index in [1.54, 1.807) is 6.07 Å². The van der Waals surface area contributed by atoms with Crippen LogP contribution in [0.5, 0.6) is 0 Å². The van der Waals surface area contributed by atoms with E-state index in [0.717, 1.165) is 23.1 Å². The lowest BCUT2D eigenvalue weighted by Crippen LogP contribution is -2.56. The van der Waals surface area contributed by atoms with Gasteiger partial charge in [-0.1, -0.05) is 29.8 Å². The van der Waals surface area contributed by atoms with Gasteiger partial charge in [0.2, 0.25) is 11.8 Å². The van der Waals surface area contributed by atoms with E-state index in [-0.39, 0.29) is 34.8 Å². The van der Waals surface area contributed by atoms with Gasteiger partial charge in [-0.05, 0) is 36.8 Å². The smallest absolute Gasteiger partial charge is 0.252 e. The largest absolute Gasteiger partial charge is 0.351 e. The Morgan fingerprint density at radius 3 is 2.57 bits per heavy atom. The number of amides is 3. The highest BCUT2D eigenvalue weighted by atomic mass is 35.5. The standard InChI is InChI=1S/C29H22ClF4N5O3/c30-20-4-2-1-3-19(20)26(27(41)37-18-13-29(33,34)14-18)39(23-12-17(31)5-6-21(23)32)28(42)22-7-8-25(40)38(22)24-11-16(15-35)9-10-36-24/h1-6,9-12,18,22,26H,7-8,13-14H2,(H,37,41). The van der Waals surface area contributed by atoms with Gasteiger partial charge in [-0.15, -0.1) is 0 Å². The number of nitrogens with zero attached hydrogens (tertiary/aromatic N) is 4. The maximum absolute atomic E-state index is 15.4. The van der Waals surface area contributed by atoms with Crippen molar-refractivity contribution in [2.45, 2.75) is 49.7 Å². The predicted molar refractivity (Wildman–Crippen MR) is 144 cm³/mol. The van der Waals surface area contributed by atoms with E-state index in [4.69, 9.17) is 11.6 Å². The van der Waals surface area contributed by atoms with E-state index < -0.39 is 71.9 Å². The highest BCUT2D eigenvalue weighted by molar-refractivity contribution is 6.31. The zero-order valence-electron chi connectivity index (χ0n) is 21.7. The summed E-state index contributed by atoms with van der Waals surface area (Å²) >= 11 is 6.43. The van der Waals surface area contributed by atoms with Crippen molar-refractivity contribution in [3.63, 3.8) is 0 Å². The Balaban J connectivity index is 1.64. The molecule has 3 amide bonds. The van der Waals surface area contributed by atoms with Crippen LogP contribution in [0.4, 0.5) is 29.1 Å². The Morgan fingerprint density at radius 2 is 1.88 bits per heavy atom. The lowest BCUT2D eigenvalue weighted by atomic mass is 9.87. The molecule has 2 heterocycles. The molecule has 1 saturated heterocycles. The molecule has 2 aromatic carbocycles. The van der Waals surface area contributed by atoms with Crippen LogP contribution in [0, 0.1) is 23.0 Å². The molecule has 0 bridgehead atoms. The van der Waals surface area contributed by atoms with Crippen LogP contribution in [-0.4, -0.2) is 40.7 Å². The number of rotatable bonds is 7. The summed E-state index contributed by atoms with van der Waals surface area (Å²) in [4.78, 5) is 47.0. The number of carbonyl (C=O) groups excluding carboxylic acids is 3. The molecule has 0 radical (unpaired) electrons. The molecule has 1 saturated carbocycles. The minimum Gasteiger partial charge on any atom is -0.351 e. The number of nitriles is 1. The van der Waals surface area contributed by atoms with Crippen LogP contribution in [0.3, 0.4) is 0 Å². The van der Waals surface area contributed by atoms with E-state index >= 15 is 4.39 Å². The van der Waals surface area contributed by atoms with Crippen LogP contribution in [-0.2, 0) is 14.4 Å². The first kappa shape index (κ1) is 29.0. The monoisotopic (exact) mass is 599 g/mol. The van der Waals surface area contributed by atoms with Gasteiger partial charge in [0.15, 0.2) is 0 Å². The summed E-state index contributed by atoms with van der Waals surface area (Å²) in [5.41, 5.74) is -0.457. The van der Waals surface area contributed by atoms with E-state index in [2.05, 4.69) is 10.3 Å². The maximum atomic E-state index is 15.4. The fourth-order valence-corrected chi connectivity index (χ4v) is 5.42. The number of carbonyl (C=O) groups is 3. The fourth-order valence-electron chi connectivity index (χ4n) is 5.18. The minimum atomic E-state index is -2.97. The summed E-state index contributed by atoms with van der Waals surface area (Å²) in [5.74, 6) is -7.45. The van der Waals surface area contributed by atoms with Gasteiger partial charge in [0, 0.05) is 48.2 Å². The van der Waals surface area contributed by atoms with E-state index in [1.807, 2.05) is 6.07 Å². The quantitative estimate of drug-likeness (QED) is 0.382. The molecule has 3 aromatic rings. The topological polar surface area (TPSA) is 106 Å². The van der Waals surface area contributed by atoms with Crippen LogP contribution >= 0.6 is 11.6 Å². The third-order valence-corrected chi connectivity index (χ3v) is 7.51. The molecule has 216 valence electrons. The van der Waals surface area contributed by atoms with Crippen molar-refractivity contribution >= 4 is 40.8 Å². The van der Waals surface area contributed by atoms with Crippen LogP contribution < -0.4 is 15.1 Å². The summed E-state index contributed by atoms with van der Waals surface area (Å²) in [6, 6.07) is 8.79. The molecule has 1 aliphatic carbocycles. The number of benzene rings is 2. The number of pyridine rings is 1. The van der Waals surface area contributed by atoms with Gasteiger partial charge < -0.3 is 5.32 Å². The van der Waals surface area contributed by atoms with Gasteiger partial charge in [0.25, 0.3) is 11.8 Å². The minimum absolute atomic E-state index is 0.00561. The molecule has 1 aliphatic heterocycles. The fraction of sp³-hybridized carbons (Fsp3) is 0.276. The Labute approximate surface area is 242 Å². The number of halogens is 5. The van der Waals surface area contributed by atoms with E-state index in [9.17, 15) is 32.8 Å². The number of anilines is 2. The molecule has 0 spiro atoms. The van der Waals surface area contributed by atoms with Gasteiger partial charge in [0.05, 0.1) is 17.3 Å². The average Bonchev–Trinajstić information content (AvgIpc) is 3.33. The number of alkyl halides is 2. The third-order valence-electron chi connectivity index (χ3n) is 7.17. The molecule has 2 aliphatic rings. The summed E-state index contributed by atoms with van der Waals surface area (Å²) in [6.45, 7) is 0. The molecule has 13 heteroatoms. The maximum Gasteiger partial charge on any atom is 0.252 e. The van der Waals surface area contributed by atoms with Crippen molar-refractivity contribution in [1.29, 1.82) is 5.26 Å². The SMILES string of the molecule is N#Cc1ccnc(N2C(=O)CCC2C(=O)N(c2cc(F)ccc2F)C(C(=O)NC2CC(F)(F)C2)c2ccccc2Cl)c1. The Morgan fingerprint density at radius 1 is 1.14 bits per heavy atom. The van der Waals surface area contributed by atoms with Crippen molar-refractivity contribution in [2.24, 2.45) is 0 Å². The van der Waals surface area contributed by atoms with Crippen molar-refractivity contribution in [1.82, 2.24) is 10.3 Å². The Bertz CT molecular complexity index is 1610. The third kappa shape index (κ3) is 5.65. The number of hydrogen-bond acceptors (Lipinski definition) is 5.